The molecule has 2 heterocycles. The number of nitrogens with zero attached hydrogens (tertiary/aromatic N) is 1. The van der Waals surface area contributed by atoms with E-state index in [9.17, 15) is 0 Å². The van der Waals surface area contributed by atoms with Gasteiger partial charge < -0.3 is 14.5 Å². The van der Waals surface area contributed by atoms with Crippen molar-refractivity contribution >= 4 is 0 Å². The number of hydrogen-bond acceptors (Lipinski definition) is 4. The van der Waals surface area contributed by atoms with Crippen LogP contribution in [-0.4, -0.2) is 25.1 Å². The maximum atomic E-state index is 5.78. The summed E-state index contributed by atoms with van der Waals surface area (Å²) in [4.78, 5) is 2.35. The van der Waals surface area contributed by atoms with Crippen LogP contribution in [0.4, 0.5) is 0 Å². The number of hydrogen-bond donors (Lipinski definition) is 1. The molecular formula is C16H20N2O2. The zero-order valence-corrected chi connectivity index (χ0v) is 11.8. The summed E-state index contributed by atoms with van der Waals surface area (Å²) in [6.45, 7) is 4.20. The molecule has 0 amide bonds. The fourth-order valence-corrected chi connectivity index (χ4v) is 2.54. The van der Waals surface area contributed by atoms with Gasteiger partial charge in [-0.3, -0.25) is 4.90 Å². The molecule has 106 valence electrons. The van der Waals surface area contributed by atoms with E-state index in [4.69, 9.17) is 9.15 Å². The van der Waals surface area contributed by atoms with E-state index in [-0.39, 0.29) is 0 Å². The van der Waals surface area contributed by atoms with E-state index in [1.807, 2.05) is 25.4 Å². The predicted octanol–water partition coefficient (Wildman–Crippen LogP) is 2.39. The first kappa shape index (κ1) is 13.2. The Hall–Kier alpha value is -1.78. The van der Waals surface area contributed by atoms with Crippen molar-refractivity contribution in [3.8, 4) is 5.75 Å². The largest absolute Gasteiger partial charge is 0.492 e. The van der Waals surface area contributed by atoms with Gasteiger partial charge in [0.25, 0.3) is 0 Å². The Morgan fingerprint density at radius 3 is 3.10 bits per heavy atom. The summed E-state index contributed by atoms with van der Waals surface area (Å²) < 4.78 is 11.4. The summed E-state index contributed by atoms with van der Waals surface area (Å²) in [6.07, 6.45) is 1.83. The second-order valence-electron chi connectivity index (χ2n) is 5.12. The number of rotatable bonds is 4. The second kappa shape index (κ2) is 6.11. The smallest absolute Gasteiger partial charge is 0.123 e. The fraction of sp³-hybridized carbons (Fsp3) is 0.375. The van der Waals surface area contributed by atoms with Crippen LogP contribution in [-0.2, 0) is 19.6 Å². The fourth-order valence-electron chi connectivity index (χ4n) is 2.54. The maximum Gasteiger partial charge on any atom is 0.123 e. The van der Waals surface area contributed by atoms with Gasteiger partial charge in [0.15, 0.2) is 0 Å². The lowest BCUT2D eigenvalue weighted by molar-refractivity contribution is 0.206. The molecule has 3 rings (SSSR count). The third-order valence-corrected chi connectivity index (χ3v) is 3.50. The monoisotopic (exact) mass is 272 g/mol. The Morgan fingerprint density at radius 2 is 2.20 bits per heavy atom. The Balaban J connectivity index is 1.68. The average Bonchev–Trinajstić information content (AvgIpc) is 2.78. The lowest BCUT2D eigenvalue weighted by Gasteiger charge is -2.17. The van der Waals surface area contributed by atoms with Crippen LogP contribution < -0.4 is 10.1 Å². The molecule has 1 aliphatic heterocycles. The average molecular weight is 272 g/mol. The zero-order valence-electron chi connectivity index (χ0n) is 11.8. The highest BCUT2D eigenvalue weighted by Gasteiger charge is 2.16. The molecule has 0 spiro atoms. The van der Waals surface area contributed by atoms with Crippen molar-refractivity contribution in [1.29, 1.82) is 0 Å². The van der Waals surface area contributed by atoms with E-state index in [1.54, 1.807) is 0 Å². The van der Waals surface area contributed by atoms with Crippen molar-refractivity contribution in [1.82, 2.24) is 10.2 Å². The minimum atomic E-state index is 0.723. The van der Waals surface area contributed by atoms with Crippen molar-refractivity contribution in [2.24, 2.45) is 0 Å². The Bertz CT molecular complexity index is 565. The van der Waals surface area contributed by atoms with E-state index >= 15 is 0 Å². The third-order valence-electron chi connectivity index (χ3n) is 3.50. The van der Waals surface area contributed by atoms with Crippen LogP contribution >= 0.6 is 0 Å². The van der Waals surface area contributed by atoms with Crippen LogP contribution in [0, 0.1) is 0 Å². The molecule has 4 heteroatoms. The van der Waals surface area contributed by atoms with Gasteiger partial charge in [-0.05, 0) is 19.2 Å². The molecular weight excluding hydrogens is 252 g/mol. The third kappa shape index (κ3) is 3.03. The summed E-state index contributed by atoms with van der Waals surface area (Å²) in [5.41, 5.74) is 2.43. The molecule has 2 aromatic rings. The van der Waals surface area contributed by atoms with Gasteiger partial charge >= 0.3 is 0 Å². The van der Waals surface area contributed by atoms with Crippen molar-refractivity contribution in [2.45, 2.75) is 19.6 Å². The zero-order chi connectivity index (χ0) is 13.8. The molecule has 1 aliphatic rings. The minimum absolute atomic E-state index is 0.723. The van der Waals surface area contributed by atoms with Crippen molar-refractivity contribution in [2.75, 3.05) is 20.2 Å². The Kier molecular flexibility index (Phi) is 4.04. The van der Waals surface area contributed by atoms with Crippen molar-refractivity contribution in [3.63, 3.8) is 0 Å². The first-order chi connectivity index (χ1) is 9.85. The molecule has 0 saturated carbocycles. The van der Waals surface area contributed by atoms with E-state index in [0.29, 0.717) is 0 Å². The topological polar surface area (TPSA) is 37.6 Å². The molecule has 0 radical (unpaired) electrons. The molecule has 0 bridgehead atoms. The normalized spacial score (nSPS) is 15.4. The molecule has 1 aromatic carbocycles. The van der Waals surface area contributed by atoms with Crippen LogP contribution in [0.2, 0.25) is 0 Å². The first-order valence-electron chi connectivity index (χ1n) is 6.99. The highest BCUT2D eigenvalue weighted by molar-refractivity contribution is 5.33. The van der Waals surface area contributed by atoms with Gasteiger partial charge in [-0.1, -0.05) is 18.2 Å². The van der Waals surface area contributed by atoms with Gasteiger partial charge in [-0.25, -0.2) is 0 Å². The number of fused-ring (bicyclic) bond motifs is 1. The summed E-state index contributed by atoms with van der Waals surface area (Å²) in [6, 6.07) is 10.4. The van der Waals surface area contributed by atoms with Gasteiger partial charge in [0.05, 0.1) is 12.8 Å². The van der Waals surface area contributed by atoms with Gasteiger partial charge in [-0.15, -0.1) is 0 Å². The number of furan rings is 1. The Morgan fingerprint density at radius 1 is 1.30 bits per heavy atom. The molecule has 4 nitrogen and oxygen atoms in total. The van der Waals surface area contributed by atoms with Crippen LogP contribution in [0.1, 0.15) is 16.9 Å². The summed E-state index contributed by atoms with van der Waals surface area (Å²) in [5, 5.41) is 3.13. The van der Waals surface area contributed by atoms with E-state index in [2.05, 4.69) is 28.4 Å². The first-order valence-corrected chi connectivity index (χ1v) is 6.99. The molecule has 0 aliphatic carbocycles. The van der Waals surface area contributed by atoms with Crippen LogP contribution in [0.5, 0.6) is 5.75 Å². The summed E-state index contributed by atoms with van der Waals surface area (Å²) >= 11 is 0. The molecule has 1 N–H and O–H groups in total. The standard InChI is InChI=1S/C16H20N2O2/c1-17-9-13-8-15(20-12-13)11-18-6-7-19-16-5-3-2-4-14(16)10-18/h2-5,8,12,17H,6-7,9-11H2,1H3. The minimum Gasteiger partial charge on any atom is -0.492 e. The van der Waals surface area contributed by atoms with E-state index < -0.39 is 0 Å². The molecule has 0 saturated heterocycles. The number of nitrogens with one attached hydrogen (secondary N) is 1. The lowest BCUT2D eigenvalue weighted by Crippen LogP contribution is -2.25. The van der Waals surface area contributed by atoms with Gasteiger partial charge in [0.1, 0.15) is 18.1 Å². The van der Waals surface area contributed by atoms with Gasteiger partial charge in [0, 0.05) is 30.8 Å². The predicted molar refractivity (Wildman–Crippen MR) is 77.5 cm³/mol. The summed E-state index contributed by atoms with van der Waals surface area (Å²) in [5.74, 6) is 2.01. The Labute approximate surface area is 119 Å². The number of ether oxygens (including phenoxy) is 1. The molecule has 0 fully saturated rings. The molecule has 20 heavy (non-hydrogen) atoms. The van der Waals surface area contributed by atoms with Gasteiger partial charge in [0.2, 0.25) is 0 Å². The lowest BCUT2D eigenvalue weighted by atomic mass is 10.2. The molecule has 0 unspecified atom stereocenters. The SMILES string of the molecule is CNCc1coc(CN2CCOc3ccccc3C2)c1. The van der Waals surface area contributed by atoms with E-state index in [0.717, 1.165) is 44.3 Å². The maximum absolute atomic E-state index is 5.78. The quantitative estimate of drug-likeness (QED) is 0.927. The van der Waals surface area contributed by atoms with Crippen molar-refractivity contribution in [3.05, 3.63) is 53.5 Å². The number of benzene rings is 1. The highest BCUT2D eigenvalue weighted by Crippen LogP contribution is 2.23. The number of para-hydroxylation sites is 1. The molecule has 0 atom stereocenters. The van der Waals surface area contributed by atoms with Crippen LogP contribution in [0.25, 0.3) is 0 Å². The van der Waals surface area contributed by atoms with Crippen LogP contribution in [0.15, 0.2) is 41.0 Å². The van der Waals surface area contributed by atoms with Crippen LogP contribution in [0.3, 0.4) is 0 Å². The second-order valence-corrected chi connectivity index (χ2v) is 5.12. The van der Waals surface area contributed by atoms with Gasteiger partial charge in [-0.2, -0.15) is 0 Å². The van der Waals surface area contributed by atoms with Crippen molar-refractivity contribution < 1.29 is 9.15 Å². The van der Waals surface area contributed by atoms with E-state index in [1.165, 1.54) is 11.1 Å². The molecule has 1 aromatic heterocycles. The highest BCUT2D eigenvalue weighted by atomic mass is 16.5. The summed E-state index contributed by atoms with van der Waals surface area (Å²) in [7, 11) is 1.94.